The second-order valence-electron chi connectivity index (χ2n) is 45.9. The number of para-hydroxylation sites is 2. The third-order valence-corrected chi connectivity index (χ3v) is 37.5. The van der Waals surface area contributed by atoms with E-state index >= 15 is 0 Å². The molecule has 135 heavy (non-hydrogen) atoms. The van der Waals surface area contributed by atoms with E-state index in [0.717, 1.165) is 246 Å². The Balaban J connectivity index is 0.000000108. The molecule has 8 aromatic rings. The van der Waals surface area contributed by atoms with Crippen LogP contribution in [0.1, 0.15) is 319 Å². The van der Waals surface area contributed by atoms with Gasteiger partial charge in [0.2, 0.25) is 23.6 Å². The van der Waals surface area contributed by atoms with Gasteiger partial charge >= 0.3 is 0 Å². The van der Waals surface area contributed by atoms with Crippen LogP contribution in [0.2, 0.25) is 0 Å². The van der Waals surface area contributed by atoms with Gasteiger partial charge in [-0.1, -0.05) is 183 Å². The maximum atomic E-state index is 13.4. The summed E-state index contributed by atoms with van der Waals surface area (Å²) in [4.78, 5) is 64.5. The highest BCUT2D eigenvalue weighted by Gasteiger charge is 2.57. The summed E-state index contributed by atoms with van der Waals surface area (Å²) < 4.78 is 30.8. The van der Waals surface area contributed by atoms with Crippen molar-refractivity contribution >= 4 is 40.9 Å². The zero-order valence-electron chi connectivity index (χ0n) is 82.2. The zero-order chi connectivity index (χ0) is 93.5. The van der Waals surface area contributed by atoms with Gasteiger partial charge in [-0.2, -0.15) is 0 Å². The molecule has 0 aromatic heterocycles. The first-order chi connectivity index (χ1) is 65.2. The Morgan fingerprint density at radius 3 is 0.985 bits per heavy atom. The fraction of sp³-hybridized carbons (Fsp3) is 0.558. The fourth-order valence-electron chi connectivity index (χ4n) is 28.5. The molecule has 12 aliphatic carbocycles. The third-order valence-electron chi connectivity index (χ3n) is 37.5. The Bertz CT molecular complexity index is 5310. The zero-order valence-corrected chi connectivity index (χ0v) is 82.2. The van der Waals surface area contributed by atoms with Crippen LogP contribution < -0.4 is 36.1 Å². The van der Waals surface area contributed by atoms with E-state index in [9.17, 15) is 24.0 Å². The van der Waals surface area contributed by atoms with Crippen LogP contribution in [0.25, 0.3) is 0 Å². The molecule has 15 nitrogen and oxygen atoms in total. The number of hydrogen-bond donors (Lipinski definition) is 5. The monoisotopic (exact) mass is 1820 g/mol. The number of carbonyl (C=O) groups excluding carboxylic acids is 5. The molecule has 8 aromatic carbocycles. The van der Waals surface area contributed by atoms with E-state index in [-0.39, 0.29) is 86.1 Å². The van der Waals surface area contributed by atoms with Crippen LogP contribution in [0.5, 0.6) is 11.5 Å². The van der Waals surface area contributed by atoms with Crippen molar-refractivity contribution in [3.8, 4) is 11.5 Å². The first kappa shape index (κ1) is 94.6. The Morgan fingerprint density at radius 1 is 0.326 bits per heavy atom. The van der Waals surface area contributed by atoms with E-state index < -0.39 is 0 Å². The molecule has 12 fully saturated rings. The van der Waals surface area contributed by atoms with Gasteiger partial charge in [0.15, 0.2) is 0 Å². The molecule has 6 bridgehead atoms. The lowest BCUT2D eigenvalue weighted by Gasteiger charge is -2.56. The van der Waals surface area contributed by atoms with E-state index in [4.69, 9.17) is 23.7 Å². The first-order valence-electron chi connectivity index (χ1n) is 52.6. The summed E-state index contributed by atoms with van der Waals surface area (Å²) in [6.45, 7) is 23.2. The summed E-state index contributed by atoms with van der Waals surface area (Å²) in [5.41, 5.74) is 17.7. The number of fused-ring (bicyclic) bond motifs is 13. The van der Waals surface area contributed by atoms with Crippen LogP contribution >= 0.6 is 0 Å². The number of anilines is 2. The van der Waals surface area contributed by atoms with Crippen molar-refractivity contribution in [3.63, 3.8) is 0 Å². The van der Waals surface area contributed by atoms with Crippen molar-refractivity contribution in [3.05, 3.63) is 261 Å². The smallest absolute Gasteiger partial charge is 0.251 e. The summed E-state index contributed by atoms with van der Waals surface area (Å²) in [5, 5.41) is 16.4. The Hall–Kier alpha value is -9.41. The van der Waals surface area contributed by atoms with Crippen LogP contribution in [-0.2, 0) is 80.8 Å². The molecule has 0 saturated heterocycles. The van der Waals surface area contributed by atoms with Gasteiger partial charge in [-0.3, -0.25) is 24.0 Å². The number of aryl methyl sites for hydroxylation is 3. The van der Waals surface area contributed by atoms with Gasteiger partial charge in [0.05, 0.1) is 49.8 Å². The minimum Gasteiger partial charge on any atom is -0.492 e. The molecule has 5 atom stereocenters. The molecule has 25 rings (SSSR count). The highest BCUT2D eigenvalue weighted by atomic mass is 16.5. The van der Waals surface area contributed by atoms with Gasteiger partial charge in [0.25, 0.3) is 5.91 Å². The maximum Gasteiger partial charge on any atom is 0.251 e. The van der Waals surface area contributed by atoms with E-state index in [1.165, 1.54) is 99.7 Å². The Kier molecular flexibility index (Phi) is 27.6. The van der Waals surface area contributed by atoms with Gasteiger partial charge in [-0.25, -0.2) is 0 Å². The summed E-state index contributed by atoms with van der Waals surface area (Å²) in [6, 6.07) is 67.5. The maximum absolute atomic E-state index is 13.4. The number of carbonyl (C=O) groups is 5. The lowest BCUT2D eigenvalue weighted by atomic mass is 9.49. The quantitative estimate of drug-likeness (QED) is 0.0660. The predicted molar refractivity (Wildman–Crippen MR) is 536 cm³/mol. The summed E-state index contributed by atoms with van der Waals surface area (Å²) in [5.74, 6) is 8.25. The summed E-state index contributed by atoms with van der Waals surface area (Å²) in [6.07, 6.45) is 36.6. The molecule has 5 N–H and O–H groups in total. The van der Waals surface area contributed by atoms with Gasteiger partial charge in [-0.05, 0) is 382 Å². The highest BCUT2D eigenvalue weighted by molar-refractivity contribution is 5.95. The van der Waals surface area contributed by atoms with Crippen molar-refractivity contribution in [2.45, 2.75) is 333 Å². The van der Waals surface area contributed by atoms with Crippen LogP contribution in [0.3, 0.4) is 0 Å². The Morgan fingerprint density at radius 2 is 0.630 bits per heavy atom. The minimum absolute atomic E-state index is 0.0214. The molecule has 5 heterocycles. The third kappa shape index (κ3) is 19.8. The van der Waals surface area contributed by atoms with Crippen molar-refractivity contribution < 1.29 is 47.7 Å². The average molecular weight is 1820 g/mol. The average Bonchev–Trinajstić information content (AvgIpc) is 1.74. The molecule has 0 radical (unpaired) electrons. The predicted octanol–water partition coefficient (Wildman–Crippen LogP) is 25.7. The van der Waals surface area contributed by atoms with Crippen LogP contribution in [0.15, 0.2) is 194 Å². The van der Waals surface area contributed by atoms with Crippen LogP contribution in [0, 0.1) is 96.2 Å². The second kappa shape index (κ2) is 39.5. The van der Waals surface area contributed by atoms with Crippen LogP contribution in [-0.4, -0.2) is 60.9 Å². The molecular formula is C120H151N5O10. The molecule has 17 aliphatic rings. The minimum atomic E-state index is -0.0895. The van der Waals surface area contributed by atoms with Crippen molar-refractivity contribution in [2.75, 3.05) is 23.8 Å². The number of amides is 5. The van der Waals surface area contributed by atoms with Gasteiger partial charge < -0.3 is 50.3 Å². The molecule has 716 valence electrons. The molecule has 4 unspecified atom stereocenters. The number of nitrogens with one attached hydrogen (secondary N) is 5. The number of ether oxygens (including phenoxy) is 5. The largest absolute Gasteiger partial charge is 0.492 e. The van der Waals surface area contributed by atoms with Gasteiger partial charge in [0.1, 0.15) is 11.5 Å². The van der Waals surface area contributed by atoms with Crippen molar-refractivity contribution in [2.24, 2.45) is 75.4 Å². The molecule has 12 saturated carbocycles. The van der Waals surface area contributed by atoms with Crippen molar-refractivity contribution in [1.29, 1.82) is 0 Å². The highest BCUT2D eigenvalue weighted by Crippen LogP contribution is 2.62. The number of benzene rings is 8. The fourth-order valence-corrected chi connectivity index (χ4v) is 28.5. The summed E-state index contributed by atoms with van der Waals surface area (Å²) in [7, 11) is 0. The number of hydrogen-bond acceptors (Lipinski definition) is 10. The molecule has 5 aliphatic heterocycles. The van der Waals surface area contributed by atoms with Gasteiger partial charge in [-0.15, -0.1) is 0 Å². The normalized spacial score (nSPS) is 32.4. The molecule has 15 heteroatoms. The van der Waals surface area contributed by atoms with Gasteiger partial charge in [0, 0.05) is 79.7 Å². The van der Waals surface area contributed by atoms with E-state index in [2.05, 4.69) is 191 Å². The second-order valence-corrected chi connectivity index (χ2v) is 45.9. The standard InChI is InChI=1S/C26H35NO2.C25H35NO2.3C23H27NO2/c1-17(27-24(28)25-13-18-10-19(14-25)12-20(11-18)15-25)21-6-8-26(9-7-21)23-5-3-2-4-22(23)16-29-26;1-18(26-22(27)24-14-11-23(2,12-15-24)13-16-24)19-7-9-25(10-8-19)21-6-4-3-5-20(21)17-28-25;2*1-16-7-9-19(10-8-16)24-22(25)17(2)18-11-13-23(14-12-18)15-26-21-6-4-3-5-20(21)23;1-16-7-9-19(10-8-16)22(25)24-17(2)18-11-13-23(14-12-18)21-6-4-3-5-20(21)15-26-23/h2-5,17-21H,6-16H2,1H3,(H,27,28);3-6,18-19H,7-17H2,1-2H3,(H,26,27);3*3-10,17-18H,11-15H2,1-2H3,(H,24,25)/t;;17-,18?,23?;;/m..0../s1. The van der Waals surface area contributed by atoms with E-state index in [0.29, 0.717) is 46.8 Å². The molecule has 5 amide bonds. The van der Waals surface area contributed by atoms with Crippen molar-refractivity contribution in [1.82, 2.24) is 16.0 Å². The van der Waals surface area contributed by atoms with Crippen LogP contribution in [0.4, 0.5) is 11.4 Å². The number of rotatable bonds is 15. The summed E-state index contributed by atoms with van der Waals surface area (Å²) >= 11 is 0. The lowest BCUT2D eigenvalue weighted by Crippen LogP contribution is -2.55. The molecule has 5 spiro atoms. The SMILES string of the molecule is CC(NC(=O)C12CC3CC(CC(C3)C1)C2)C1CCC2(CC1)OCc1ccccc12.CC(NC(=O)C12CCC(C)(CC1)CC2)C1CCC2(CC1)OCc1ccccc12.Cc1ccc(C(=O)NC(C)C2CCC3(CC2)OCc2ccccc23)cc1.Cc1ccc(NC(=O)C(C)C2CCC3(CC2)COc2ccccc23)cc1.Cc1ccc(NC(=O)[C@@H](C)C2CCC3(CC2)COc2ccccc23)cc1. The topological polar surface area (TPSA) is 192 Å². The first-order valence-corrected chi connectivity index (χ1v) is 52.6. The molecular weight excluding hydrogens is 1670 g/mol. The lowest BCUT2D eigenvalue weighted by molar-refractivity contribution is -0.147. The Labute approximate surface area is 804 Å². The van der Waals surface area contributed by atoms with E-state index in [1.54, 1.807) is 0 Å². The van der Waals surface area contributed by atoms with E-state index in [1.807, 2.05) is 91.9 Å².